The average Bonchev–Trinajstić information content (AvgIpc) is 3.40. The standard InChI is InChI=1S/C28H29N3O2S2/c1-15-9-12-22(34-15)21-14-19(17-7-5-6-8-20(17)30-21)26(33)31-27-24(25(29)32)18-11-10-16(28(2,3)4)13-23(18)35-27/h5-9,12,14,16H,10-11,13H2,1-4H3,(H2,29,32)(H,31,33). The number of primary amides is 1. The molecular weight excluding hydrogens is 474 g/mol. The largest absolute Gasteiger partial charge is 0.365 e. The SMILES string of the molecule is Cc1ccc(-c2cc(C(=O)Nc3sc4c(c3C(N)=O)CCC(C(C)(C)C)C4)c3ccccc3n2)s1. The summed E-state index contributed by atoms with van der Waals surface area (Å²) in [6.45, 7) is 8.83. The monoisotopic (exact) mass is 503 g/mol. The summed E-state index contributed by atoms with van der Waals surface area (Å²) >= 11 is 3.14. The van der Waals surface area contributed by atoms with Crippen LogP contribution in [-0.4, -0.2) is 16.8 Å². The Morgan fingerprint density at radius 3 is 2.57 bits per heavy atom. The zero-order valence-electron chi connectivity index (χ0n) is 20.4. The highest BCUT2D eigenvalue weighted by molar-refractivity contribution is 7.17. The summed E-state index contributed by atoms with van der Waals surface area (Å²) in [5, 5.41) is 4.38. The number of benzene rings is 1. The normalized spacial score (nSPS) is 15.7. The van der Waals surface area contributed by atoms with Gasteiger partial charge >= 0.3 is 0 Å². The second kappa shape index (κ2) is 8.88. The number of rotatable bonds is 4. The summed E-state index contributed by atoms with van der Waals surface area (Å²) in [5.74, 6) is -0.216. The first-order valence-electron chi connectivity index (χ1n) is 11.8. The van der Waals surface area contributed by atoms with Crippen LogP contribution in [0.15, 0.2) is 42.5 Å². The van der Waals surface area contributed by atoms with Gasteiger partial charge in [-0.1, -0.05) is 39.0 Å². The number of para-hydroxylation sites is 1. The maximum absolute atomic E-state index is 13.6. The molecule has 0 saturated heterocycles. The van der Waals surface area contributed by atoms with Crippen molar-refractivity contribution in [3.05, 3.63) is 68.9 Å². The first-order valence-corrected chi connectivity index (χ1v) is 13.5. The van der Waals surface area contributed by atoms with Crippen molar-refractivity contribution in [2.45, 2.75) is 47.0 Å². The fourth-order valence-electron chi connectivity index (χ4n) is 4.91. The lowest BCUT2D eigenvalue weighted by Crippen LogP contribution is -2.27. The molecule has 1 aliphatic rings. The number of hydrogen-bond acceptors (Lipinski definition) is 5. The van der Waals surface area contributed by atoms with Crippen molar-refractivity contribution in [2.24, 2.45) is 17.1 Å². The van der Waals surface area contributed by atoms with Crippen LogP contribution in [0.1, 0.15) is 63.2 Å². The van der Waals surface area contributed by atoms with Crippen molar-refractivity contribution in [1.29, 1.82) is 0 Å². The molecule has 7 heteroatoms. The number of nitrogens with one attached hydrogen (secondary N) is 1. The zero-order valence-corrected chi connectivity index (χ0v) is 22.0. The minimum absolute atomic E-state index is 0.185. The predicted molar refractivity (Wildman–Crippen MR) is 146 cm³/mol. The maximum atomic E-state index is 13.6. The number of fused-ring (bicyclic) bond motifs is 2. The second-order valence-electron chi connectivity index (χ2n) is 10.3. The number of anilines is 1. The number of nitrogens with two attached hydrogens (primary N) is 1. The Morgan fingerprint density at radius 2 is 1.89 bits per heavy atom. The summed E-state index contributed by atoms with van der Waals surface area (Å²) < 4.78 is 0. The molecule has 3 heterocycles. The third-order valence-corrected chi connectivity index (χ3v) is 9.11. The van der Waals surface area contributed by atoms with Crippen LogP contribution in [0.5, 0.6) is 0 Å². The van der Waals surface area contributed by atoms with E-state index in [2.05, 4.69) is 39.1 Å². The van der Waals surface area contributed by atoms with Gasteiger partial charge in [0, 0.05) is 15.1 Å². The van der Waals surface area contributed by atoms with E-state index in [9.17, 15) is 9.59 Å². The molecule has 0 bridgehead atoms. The molecule has 0 radical (unpaired) electrons. The van der Waals surface area contributed by atoms with E-state index in [1.165, 1.54) is 16.2 Å². The third kappa shape index (κ3) is 4.50. The van der Waals surface area contributed by atoms with Gasteiger partial charge in [0.1, 0.15) is 5.00 Å². The Hall–Kier alpha value is -3.03. The quantitative estimate of drug-likeness (QED) is 0.320. The molecule has 4 aromatic rings. The Bertz CT molecular complexity index is 1460. The van der Waals surface area contributed by atoms with Gasteiger partial charge in [-0.2, -0.15) is 0 Å². The molecule has 1 atom stereocenters. The molecule has 35 heavy (non-hydrogen) atoms. The molecule has 1 aromatic carbocycles. The van der Waals surface area contributed by atoms with E-state index in [0.717, 1.165) is 51.2 Å². The van der Waals surface area contributed by atoms with E-state index in [0.29, 0.717) is 22.0 Å². The van der Waals surface area contributed by atoms with E-state index in [1.807, 2.05) is 36.4 Å². The lowest BCUT2D eigenvalue weighted by atomic mass is 9.72. The van der Waals surface area contributed by atoms with E-state index in [-0.39, 0.29) is 11.3 Å². The first-order chi connectivity index (χ1) is 16.6. The summed E-state index contributed by atoms with van der Waals surface area (Å²) in [4.78, 5) is 34.3. The number of nitrogens with zero attached hydrogens (tertiary/aromatic N) is 1. The molecule has 5 rings (SSSR count). The van der Waals surface area contributed by atoms with Gasteiger partial charge in [0.25, 0.3) is 11.8 Å². The minimum atomic E-state index is -0.485. The average molecular weight is 504 g/mol. The number of aryl methyl sites for hydroxylation is 1. The van der Waals surface area contributed by atoms with Gasteiger partial charge in [-0.3, -0.25) is 9.59 Å². The minimum Gasteiger partial charge on any atom is -0.365 e. The van der Waals surface area contributed by atoms with Gasteiger partial charge in [0.05, 0.1) is 27.2 Å². The molecule has 3 N–H and O–H groups in total. The van der Waals surface area contributed by atoms with Crippen LogP contribution in [0.4, 0.5) is 5.00 Å². The van der Waals surface area contributed by atoms with Crippen molar-refractivity contribution in [3.8, 4) is 10.6 Å². The van der Waals surface area contributed by atoms with Crippen LogP contribution in [0.25, 0.3) is 21.5 Å². The lowest BCUT2D eigenvalue weighted by molar-refractivity contribution is 0.1000. The first kappa shape index (κ1) is 23.7. The molecule has 180 valence electrons. The van der Waals surface area contributed by atoms with Crippen molar-refractivity contribution in [2.75, 3.05) is 5.32 Å². The van der Waals surface area contributed by atoms with Gasteiger partial charge in [-0.05, 0) is 67.3 Å². The van der Waals surface area contributed by atoms with Crippen molar-refractivity contribution < 1.29 is 9.59 Å². The van der Waals surface area contributed by atoms with Crippen molar-refractivity contribution in [1.82, 2.24) is 4.98 Å². The number of carbonyl (C=O) groups excluding carboxylic acids is 2. The van der Waals surface area contributed by atoms with E-state index >= 15 is 0 Å². The Labute approximate surface area is 213 Å². The van der Waals surface area contributed by atoms with Crippen molar-refractivity contribution >= 4 is 50.4 Å². The number of carbonyl (C=O) groups is 2. The third-order valence-electron chi connectivity index (χ3n) is 6.92. The van der Waals surface area contributed by atoms with Crippen LogP contribution in [-0.2, 0) is 12.8 Å². The molecule has 1 aliphatic carbocycles. The fourth-order valence-corrected chi connectivity index (χ4v) is 7.06. The van der Waals surface area contributed by atoms with E-state index in [1.54, 1.807) is 11.3 Å². The number of thiophene rings is 2. The van der Waals surface area contributed by atoms with Gasteiger partial charge in [0.15, 0.2) is 0 Å². The summed E-state index contributed by atoms with van der Waals surface area (Å²) in [5.41, 5.74) is 9.54. The van der Waals surface area contributed by atoms with Crippen molar-refractivity contribution in [3.63, 3.8) is 0 Å². The fraction of sp³-hybridized carbons (Fsp3) is 0.321. The maximum Gasteiger partial charge on any atom is 0.257 e. The van der Waals surface area contributed by atoms with Gasteiger partial charge < -0.3 is 11.1 Å². The van der Waals surface area contributed by atoms with Crippen LogP contribution < -0.4 is 11.1 Å². The van der Waals surface area contributed by atoms with Gasteiger partial charge in [-0.15, -0.1) is 22.7 Å². The second-order valence-corrected chi connectivity index (χ2v) is 12.7. The Balaban J connectivity index is 1.55. The highest BCUT2D eigenvalue weighted by Crippen LogP contribution is 2.44. The topological polar surface area (TPSA) is 85.1 Å². The smallest absolute Gasteiger partial charge is 0.257 e. The molecule has 0 saturated carbocycles. The predicted octanol–water partition coefficient (Wildman–Crippen LogP) is 6.84. The molecule has 5 nitrogen and oxygen atoms in total. The van der Waals surface area contributed by atoms with Gasteiger partial charge in [0.2, 0.25) is 0 Å². The molecule has 3 aromatic heterocycles. The van der Waals surface area contributed by atoms with E-state index < -0.39 is 5.91 Å². The Morgan fingerprint density at radius 1 is 1.11 bits per heavy atom. The number of amides is 2. The number of pyridine rings is 1. The highest BCUT2D eigenvalue weighted by Gasteiger charge is 2.33. The zero-order chi connectivity index (χ0) is 24.9. The van der Waals surface area contributed by atoms with Crippen LogP contribution >= 0.6 is 22.7 Å². The molecular formula is C28H29N3O2S2. The number of hydrogen-bond donors (Lipinski definition) is 2. The molecule has 1 unspecified atom stereocenters. The van der Waals surface area contributed by atoms with Gasteiger partial charge in [-0.25, -0.2) is 4.98 Å². The highest BCUT2D eigenvalue weighted by atomic mass is 32.1. The molecule has 2 amide bonds. The molecule has 0 fully saturated rings. The summed E-state index contributed by atoms with van der Waals surface area (Å²) in [7, 11) is 0. The van der Waals surface area contributed by atoms with Crippen LogP contribution in [0.3, 0.4) is 0 Å². The number of aromatic nitrogens is 1. The molecule has 0 aliphatic heterocycles. The van der Waals surface area contributed by atoms with Crippen LogP contribution in [0, 0.1) is 18.3 Å². The lowest BCUT2D eigenvalue weighted by Gasteiger charge is -2.33. The van der Waals surface area contributed by atoms with E-state index in [4.69, 9.17) is 10.7 Å². The summed E-state index contributed by atoms with van der Waals surface area (Å²) in [6.07, 6.45) is 2.72. The molecule has 0 spiro atoms. The Kier molecular flexibility index (Phi) is 6.01. The van der Waals surface area contributed by atoms with Crippen LogP contribution in [0.2, 0.25) is 0 Å². The summed E-state index contributed by atoms with van der Waals surface area (Å²) in [6, 6.07) is 13.6.